The summed E-state index contributed by atoms with van der Waals surface area (Å²) in [5, 5.41) is 9.18. The highest BCUT2D eigenvalue weighted by Crippen LogP contribution is 2.47. The van der Waals surface area contributed by atoms with Crippen molar-refractivity contribution in [1.29, 1.82) is 0 Å². The zero-order valence-corrected chi connectivity index (χ0v) is 17.8. The van der Waals surface area contributed by atoms with Gasteiger partial charge in [-0.2, -0.15) is 0 Å². The smallest absolute Gasteiger partial charge is 0.328 e. The van der Waals surface area contributed by atoms with Crippen LogP contribution < -0.4 is 0 Å². The molecule has 172 valence electrons. The van der Waals surface area contributed by atoms with Gasteiger partial charge in [0.05, 0.1) is 6.04 Å². The molecule has 2 aromatic carbocycles. The lowest BCUT2D eigenvalue weighted by atomic mass is 9.87. The molecule has 5 rings (SSSR count). The van der Waals surface area contributed by atoms with Gasteiger partial charge in [-0.15, -0.1) is 0 Å². The fraction of sp³-hybridized carbons (Fsp3) is 0.320. The van der Waals surface area contributed by atoms with E-state index in [1.807, 2.05) is 6.92 Å². The normalized spacial score (nSPS) is 22.1. The number of aromatic amines is 1. The number of carboxylic acid groups (broad SMARTS) is 1. The number of nitrogens with one attached hydrogen (secondary N) is 1. The largest absolute Gasteiger partial charge is 0.478 e. The zero-order valence-electron chi connectivity index (χ0n) is 17.8. The van der Waals surface area contributed by atoms with Crippen LogP contribution in [0.5, 0.6) is 0 Å². The van der Waals surface area contributed by atoms with Crippen molar-refractivity contribution in [1.82, 2.24) is 9.88 Å². The van der Waals surface area contributed by atoms with Gasteiger partial charge in [-0.25, -0.2) is 22.4 Å². The van der Waals surface area contributed by atoms with Crippen molar-refractivity contribution < 1.29 is 27.5 Å². The summed E-state index contributed by atoms with van der Waals surface area (Å²) in [5.74, 6) is -3.42. The summed E-state index contributed by atoms with van der Waals surface area (Å²) in [6.45, 7) is 1.86. The van der Waals surface area contributed by atoms with Crippen LogP contribution in [0, 0.1) is 17.5 Å². The van der Waals surface area contributed by atoms with E-state index in [4.69, 9.17) is 5.11 Å². The molecule has 0 saturated heterocycles. The second-order valence-electron chi connectivity index (χ2n) is 9.03. The third-order valence-electron chi connectivity index (χ3n) is 6.63. The molecule has 1 aromatic heterocycles. The highest BCUT2D eigenvalue weighted by Gasteiger charge is 2.49. The number of aromatic nitrogens is 1. The summed E-state index contributed by atoms with van der Waals surface area (Å²) < 4.78 is 60.3. The van der Waals surface area contributed by atoms with Crippen LogP contribution in [0.4, 0.5) is 17.6 Å². The van der Waals surface area contributed by atoms with Gasteiger partial charge in [-0.1, -0.05) is 6.07 Å². The average molecular weight is 458 g/mol. The number of carboxylic acids is 1. The monoisotopic (exact) mass is 458 g/mol. The molecule has 2 aliphatic rings. The molecule has 0 spiro atoms. The first kappa shape index (κ1) is 21.7. The van der Waals surface area contributed by atoms with Gasteiger partial charge in [0.1, 0.15) is 23.1 Å². The van der Waals surface area contributed by atoms with Crippen LogP contribution >= 0.6 is 0 Å². The lowest BCUT2D eigenvalue weighted by molar-refractivity contribution is -0.131. The Balaban J connectivity index is 1.70. The molecule has 2 N–H and O–H groups in total. The number of H-pyrrole nitrogens is 1. The van der Waals surface area contributed by atoms with Gasteiger partial charge in [-0.05, 0) is 67.7 Å². The standard InChI is InChI=1S/C25H22F4N2O2/c1-13-9-15-21-16(26)3-2-4-19(21)30-23(15)24(31(13)12-25(29)7-8-25)22-17(27)10-14(11-18(22)28)5-6-20(32)33/h2-6,10-11,13,24,30H,7-9,12H2,1H3,(H,32,33)/b6-5+/t13-,24?/m0/s1. The number of aliphatic carboxylic acids is 1. The Morgan fingerprint density at radius 3 is 2.55 bits per heavy atom. The Morgan fingerprint density at radius 2 is 1.91 bits per heavy atom. The van der Waals surface area contributed by atoms with Crippen LogP contribution in [0.3, 0.4) is 0 Å². The molecule has 2 atom stereocenters. The van der Waals surface area contributed by atoms with E-state index in [2.05, 4.69) is 4.98 Å². The number of hydrogen-bond acceptors (Lipinski definition) is 2. The molecule has 1 fully saturated rings. The van der Waals surface area contributed by atoms with Gasteiger partial charge in [0.2, 0.25) is 0 Å². The summed E-state index contributed by atoms with van der Waals surface area (Å²) in [6.07, 6.45) is 3.08. The van der Waals surface area contributed by atoms with Crippen LogP contribution in [-0.2, 0) is 11.2 Å². The first-order chi connectivity index (χ1) is 15.7. The quantitative estimate of drug-likeness (QED) is 0.391. The summed E-state index contributed by atoms with van der Waals surface area (Å²) in [4.78, 5) is 15.7. The number of carbonyl (C=O) groups is 1. The highest BCUT2D eigenvalue weighted by molar-refractivity contribution is 5.86. The maximum Gasteiger partial charge on any atom is 0.328 e. The summed E-state index contributed by atoms with van der Waals surface area (Å²) in [5.41, 5.74) is -0.0241. The maximum atomic E-state index is 15.4. The minimum absolute atomic E-state index is 0.00959. The zero-order chi connectivity index (χ0) is 23.5. The molecular weight excluding hydrogens is 436 g/mol. The maximum absolute atomic E-state index is 15.4. The van der Waals surface area contributed by atoms with Crippen LogP contribution in [0.2, 0.25) is 0 Å². The van der Waals surface area contributed by atoms with Crippen molar-refractivity contribution in [3.63, 3.8) is 0 Å². The number of alkyl halides is 1. The van der Waals surface area contributed by atoms with Crippen LogP contribution in [0.15, 0.2) is 36.4 Å². The van der Waals surface area contributed by atoms with Crippen molar-refractivity contribution in [3.8, 4) is 0 Å². The van der Waals surface area contributed by atoms with E-state index in [0.29, 0.717) is 41.4 Å². The molecule has 1 unspecified atom stereocenters. The van der Waals surface area contributed by atoms with Gasteiger partial charge in [0.25, 0.3) is 0 Å². The number of rotatable bonds is 5. The van der Waals surface area contributed by atoms with Crippen molar-refractivity contribution in [3.05, 3.63) is 76.2 Å². The number of fused-ring (bicyclic) bond motifs is 3. The molecule has 1 aliphatic carbocycles. The molecule has 3 aromatic rings. The van der Waals surface area contributed by atoms with Crippen molar-refractivity contribution >= 4 is 22.9 Å². The second-order valence-corrected chi connectivity index (χ2v) is 9.03. The third kappa shape index (κ3) is 3.82. The van der Waals surface area contributed by atoms with E-state index in [1.54, 1.807) is 17.0 Å². The molecule has 0 radical (unpaired) electrons. The van der Waals surface area contributed by atoms with Gasteiger partial charge < -0.3 is 10.1 Å². The molecule has 33 heavy (non-hydrogen) atoms. The van der Waals surface area contributed by atoms with Gasteiger partial charge in [-0.3, -0.25) is 4.90 Å². The van der Waals surface area contributed by atoms with E-state index in [9.17, 15) is 13.6 Å². The minimum Gasteiger partial charge on any atom is -0.478 e. The first-order valence-corrected chi connectivity index (χ1v) is 10.8. The summed E-state index contributed by atoms with van der Waals surface area (Å²) >= 11 is 0. The second kappa shape index (κ2) is 7.73. The van der Waals surface area contributed by atoms with Gasteiger partial charge in [0.15, 0.2) is 0 Å². The van der Waals surface area contributed by atoms with E-state index in [1.165, 1.54) is 6.07 Å². The predicted octanol–water partition coefficient (Wildman–Crippen LogP) is 5.52. The van der Waals surface area contributed by atoms with Gasteiger partial charge in [0, 0.05) is 40.8 Å². The lowest BCUT2D eigenvalue weighted by Crippen LogP contribution is -2.46. The SMILES string of the molecule is C[C@H]1Cc2c([nH]c3cccc(F)c23)C(c2c(F)cc(/C=C/C(=O)O)cc2F)N1CC1(F)CC1. The van der Waals surface area contributed by atoms with E-state index < -0.39 is 35.1 Å². The highest BCUT2D eigenvalue weighted by atomic mass is 19.1. The number of benzene rings is 2. The molecule has 2 heterocycles. The fourth-order valence-corrected chi connectivity index (χ4v) is 4.88. The van der Waals surface area contributed by atoms with E-state index in [0.717, 1.165) is 24.3 Å². The number of halogens is 4. The molecule has 4 nitrogen and oxygen atoms in total. The van der Waals surface area contributed by atoms with Crippen LogP contribution in [0.25, 0.3) is 17.0 Å². The summed E-state index contributed by atoms with van der Waals surface area (Å²) in [7, 11) is 0. The van der Waals surface area contributed by atoms with Crippen molar-refractivity contribution in [2.45, 2.75) is 43.9 Å². The molecule has 0 amide bonds. The minimum atomic E-state index is -1.40. The Labute approximate surface area is 187 Å². The molecular formula is C25H22F4N2O2. The Bertz CT molecular complexity index is 1270. The fourth-order valence-electron chi connectivity index (χ4n) is 4.88. The topological polar surface area (TPSA) is 56.3 Å². The van der Waals surface area contributed by atoms with Crippen molar-refractivity contribution in [2.24, 2.45) is 0 Å². The summed E-state index contributed by atoms with van der Waals surface area (Å²) in [6, 6.07) is 5.43. The molecule has 8 heteroatoms. The lowest BCUT2D eigenvalue weighted by Gasteiger charge is -2.41. The predicted molar refractivity (Wildman–Crippen MR) is 116 cm³/mol. The van der Waals surface area contributed by atoms with Crippen LogP contribution in [0.1, 0.15) is 48.2 Å². The number of hydrogen-bond donors (Lipinski definition) is 2. The molecule has 0 bridgehead atoms. The third-order valence-corrected chi connectivity index (χ3v) is 6.63. The van der Waals surface area contributed by atoms with Crippen LogP contribution in [-0.4, -0.2) is 39.2 Å². The molecule has 1 saturated carbocycles. The first-order valence-electron chi connectivity index (χ1n) is 10.8. The Morgan fingerprint density at radius 1 is 1.21 bits per heavy atom. The Hall–Kier alpha value is -3.13. The van der Waals surface area contributed by atoms with E-state index in [-0.39, 0.29) is 23.7 Å². The molecule has 1 aliphatic heterocycles. The van der Waals surface area contributed by atoms with Crippen molar-refractivity contribution in [2.75, 3.05) is 6.54 Å². The average Bonchev–Trinajstić information content (AvgIpc) is 3.35. The Kier molecular flexibility index (Phi) is 5.08. The van der Waals surface area contributed by atoms with Gasteiger partial charge >= 0.3 is 5.97 Å². The van der Waals surface area contributed by atoms with E-state index >= 15 is 8.78 Å². The number of nitrogens with zero attached hydrogens (tertiary/aromatic N) is 1.